The van der Waals surface area contributed by atoms with Gasteiger partial charge in [-0.15, -0.1) is 22.7 Å². The fourth-order valence-electron chi connectivity index (χ4n) is 6.29. The molecular weight excluding hydrogens is 745 g/mol. The summed E-state index contributed by atoms with van der Waals surface area (Å²) in [5, 5.41) is 22.5. The Morgan fingerprint density at radius 3 is 1.41 bits per heavy atom. The Hall–Kier alpha value is -5.27. The van der Waals surface area contributed by atoms with Crippen molar-refractivity contribution in [1.82, 2.24) is 19.9 Å². The van der Waals surface area contributed by atoms with Crippen LogP contribution in [0.3, 0.4) is 0 Å². The van der Waals surface area contributed by atoms with Gasteiger partial charge in [0, 0.05) is 46.2 Å². The third-order valence-corrected chi connectivity index (χ3v) is 11.5. The molecule has 4 atom stereocenters. The van der Waals surface area contributed by atoms with Crippen molar-refractivity contribution in [1.29, 1.82) is 10.8 Å². The molecule has 0 aliphatic carbocycles. The Labute approximate surface area is 335 Å². The minimum absolute atomic E-state index is 0.139. The number of oxazole rings is 2. The number of ketones is 1. The van der Waals surface area contributed by atoms with Crippen molar-refractivity contribution in [2.24, 2.45) is 23.7 Å². The van der Waals surface area contributed by atoms with Crippen LogP contribution in [0.5, 0.6) is 11.5 Å². The molecule has 6 rings (SSSR count). The number of ether oxygens (including phenoxy) is 2. The van der Waals surface area contributed by atoms with Gasteiger partial charge in [-0.25, -0.2) is 19.9 Å². The molecule has 0 aliphatic rings. The number of thiazole rings is 2. The molecule has 4 heterocycles. The van der Waals surface area contributed by atoms with Crippen LogP contribution in [0.15, 0.2) is 79.1 Å². The lowest BCUT2D eigenvalue weighted by Gasteiger charge is -2.27. The van der Waals surface area contributed by atoms with Gasteiger partial charge in [0.25, 0.3) is 0 Å². The van der Waals surface area contributed by atoms with Gasteiger partial charge in [-0.3, -0.25) is 4.79 Å². The molecule has 6 aromatic rings. The van der Waals surface area contributed by atoms with Crippen molar-refractivity contribution >= 4 is 39.9 Å². The van der Waals surface area contributed by atoms with Crippen LogP contribution >= 0.6 is 22.7 Å². The van der Waals surface area contributed by atoms with E-state index >= 15 is 0 Å². The van der Waals surface area contributed by atoms with Crippen LogP contribution in [-0.4, -0.2) is 37.1 Å². The highest BCUT2D eigenvalue weighted by Gasteiger charge is 2.37. The van der Waals surface area contributed by atoms with E-state index in [1.807, 2.05) is 101 Å². The van der Waals surface area contributed by atoms with E-state index in [0.29, 0.717) is 83.7 Å². The van der Waals surface area contributed by atoms with E-state index in [9.17, 15) is 15.6 Å². The van der Waals surface area contributed by atoms with Crippen LogP contribution in [0.1, 0.15) is 74.8 Å². The van der Waals surface area contributed by atoms with Crippen molar-refractivity contribution in [2.75, 3.05) is 0 Å². The van der Waals surface area contributed by atoms with Gasteiger partial charge in [-0.1, -0.05) is 27.7 Å². The molecule has 0 radical (unpaired) electrons. The van der Waals surface area contributed by atoms with Gasteiger partial charge in [0.2, 0.25) is 11.8 Å². The minimum atomic E-state index is -0.805. The average molecular weight is 793 g/mol. The summed E-state index contributed by atoms with van der Waals surface area (Å²) in [5.41, 5.74) is 8.74. The largest absolute Gasteiger partial charge is 0.487 e. The molecule has 0 spiro atoms. The Balaban J connectivity index is 1.22. The van der Waals surface area contributed by atoms with Crippen molar-refractivity contribution in [3.8, 4) is 34.4 Å². The lowest BCUT2D eigenvalue weighted by atomic mass is 9.75. The zero-order valence-corrected chi connectivity index (χ0v) is 34.3. The Kier molecular flexibility index (Phi) is 13.4. The van der Waals surface area contributed by atoms with Crippen molar-refractivity contribution < 1.29 is 23.1 Å². The van der Waals surface area contributed by atoms with E-state index < -0.39 is 11.8 Å². The maximum atomic E-state index is 14.9. The highest BCUT2D eigenvalue weighted by molar-refractivity contribution is 7.07. The SMILES string of the molecule is CC[C@@H](C)C(=N)C(Cc1nc(-c2ccc(OCc3cscn3)cc2)oc1C)C(=O)C(Cc1nc(-c2ccc(OCc3cscn3)cc2)oc1C)C(=N)[C@H](C)CC. The van der Waals surface area contributed by atoms with E-state index in [0.717, 1.165) is 22.5 Å². The standard InChI is InChI=1S/C43H48N6O5S2/c1-7-25(3)39(44)35(17-37-27(5)53-42(48-37)29-9-13-33(14-10-29)51-19-31-21-55-23-46-31)41(50)36(40(45)26(4)8-2)18-38-28(6)54-43(49-38)30-11-15-34(16-12-30)52-20-32-22-56-24-47-32/h9-16,21-26,35-36,44-45H,7-8,17-20H2,1-6H3/t25-,26-,35?,36?/m1/s1. The van der Waals surface area contributed by atoms with E-state index in [1.165, 1.54) is 22.7 Å². The number of carbonyl (C=O) groups is 1. The molecule has 0 saturated carbocycles. The molecule has 0 bridgehead atoms. The Bertz CT molecular complexity index is 2050. The average Bonchev–Trinajstić information content (AvgIpc) is 4.06. The summed E-state index contributed by atoms with van der Waals surface area (Å²) in [6.45, 7) is 12.4. The first kappa shape index (κ1) is 40.4. The molecule has 0 aliphatic heterocycles. The molecule has 2 aromatic carbocycles. The maximum Gasteiger partial charge on any atom is 0.226 e. The molecule has 11 nitrogen and oxygen atoms in total. The second kappa shape index (κ2) is 18.6. The minimum Gasteiger partial charge on any atom is -0.487 e. The number of carbonyl (C=O) groups excluding carboxylic acids is 1. The lowest BCUT2D eigenvalue weighted by Crippen LogP contribution is -2.40. The van der Waals surface area contributed by atoms with Gasteiger partial charge in [-0.2, -0.15) is 0 Å². The van der Waals surface area contributed by atoms with E-state index in [-0.39, 0.29) is 30.5 Å². The van der Waals surface area contributed by atoms with Crippen molar-refractivity contribution in [3.05, 3.63) is 105 Å². The quantitative estimate of drug-likeness (QED) is 0.0717. The fourth-order valence-corrected chi connectivity index (χ4v) is 7.37. The molecule has 0 amide bonds. The highest BCUT2D eigenvalue weighted by Crippen LogP contribution is 2.32. The molecule has 292 valence electrons. The van der Waals surface area contributed by atoms with Gasteiger partial charge in [0.05, 0.1) is 45.6 Å². The molecule has 0 fully saturated rings. The van der Waals surface area contributed by atoms with Crippen molar-refractivity contribution in [3.63, 3.8) is 0 Å². The molecular formula is C43H48N6O5S2. The topological polar surface area (TPSA) is 161 Å². The van der Waals surface area contributed by atoms with Crippen LogP contribution in [0.4, 0.5) is 0 Å². The van der Waals surface area contributed by atoms with E-state index in [1.54, 1.807) is 11.0 Å². The van der Waals surface area contributed by atoms with E-state index in [2.05, 4.69) is 9.97 Å². The lowest BCUT2D eigenvalue weighted by molar-refractivity contribution is -0.123. The van der Waals surface area contributed by atoms with Crippen LogP contribution in [0.2, 0.25) is 0 Å². The van der Waals surface area contributed by atoms with Crippen LogP contribution in [-0.2, 0) is 30.8 Å². The van der Waals surface area contributed by atoms with Crippen LogP contribution in [0, 0.1) is 48.3 Å². The number of aromatic nitrogens is 4. The second-order valence-corrected chi connectivity index (χ2v) is 15.5. The number of nitrogens with one attached hydrogen (secondary N) is 2. The number of rotatable bonds is 20. The molecule has 4 aromatic heterocycles. The molecule has 0 saturated heterocycles. The molecule has 13 heteroatoms. The summed E-state index contributed by atoms with van der Waals surface area (Å²) >= 11 is 3.05. The summed E-state index contributed by atoms with van der Waals surface area (Å²) in [6, 6.07) is 15.0. The first-order valence-corrected chi connectivity index (χ1v) is 20.8. The summed E-state index contributed by atoms with van der Waals surface area (Å²) in [7, 11) is 0. The summed E-state index contributed by atoms with van der Waals surface area (Å²) in [4.78, 5) is 33.1. The predicted octanol–water partition coefficient (Wildman–Crippen LogP) is 10.4. The number of hydrogen-bond donors (Lipinski definition) is 2. The first-order chi connectivity index (χ1) is 27.0. The van der Waals surface area contributed by atoms with Crippen LogP contribution in [0.25, 0.3) is 22.9 Å². The fraction of sp³-hybridized carbons (Fsp3) is 0.372. The summed E-state index contributed by atoms with van der Waals surface area (Å²) in [6.07, 6.45) is 1.79. The number of hydrogen-bond acceptors (Lipinski definition) is 13. The van der Waals surface area contributed by atoms with Crippen LogP contribution < -0.4 is 9.47 Å². The third-order valence-electron chi connectivity index (χ3n) is 10.2. The number of aryl methyl sites for hydroxylation is 2. The molecule has 2 N–H and O–H groups in total. The zero-order chi connectivity index (χ0) is 39.8. The smallest absolute Gasteiger partial charge is 0.226 e. The molecule has 56 heavy (non-hydrogen) atoms. The number of benzene rings is 2. The number of Topliss-reactive ketones (excluding diaryl/α,β-unsaturated/α-hetero) is 1. The highest BCUT2D eigenvalue weighted by atomic mass is 32.1. The van der Waals surface area contributed by atoms with Gasteiger partial charge in [0.15, 0.2) is 5.78 Å². The number of nitrogens with zero attached hydrogens (tertiary/aromatic N) is 4. The monoisotopic (exact) mass is 792 g/mol. The van der Waals surface area contributed by atoms with Gasteiger partial charge < -0.3 is 29.1 Å². The Morgan fingerprint density at radius 2 is 1.07 bits per heavy atom. The summed E-state index contributed by atoms with van der Waals surface area (Å²) in [5.74, 6) is 1.36. The molecule has 2 unspecified atom stereocenters. The summed E-state index contributed by atoms with van der Waals surface area (Å²) < 4.78 is 24.0. The predicted molar refractivity (Wildman–Crippen MR) is 220 cm³/mol. The third kappa shape index (κ3) is 9.75. The van der Waals surface area contributed by atoms with Gasteiger partial charge in [-0.05, 0) is 87.1 Å². The normalized spacial score (nSPS) is 13.5. The maximum absolute atomic E-state index is 14.9. The first-order valence-electron chi connectivity index (χ1n) is 18.9. The zero-order valence-electron chi connectivity index (χ0n) is 32.6. The van der Waals surface area contributed by atoms with E-state index in [4.69, 9.17) is 28.3 Å². The second-order valence-electron chi connectivity index (χ2n) is 14.1. The van der Waals surface area contributed by atoms with Gasteiger partial charge in [0.1, 0.15) is 36.2 Å². The van der Waals surface area contributed by atoms with Gasteiger partial charge >= 0.3 is 0 Å². The Morgan fingerprint density at radius 1 is 0.679 bits per heavy atom. The van der Waals surface area contributed by atoms with Crippen molar-refractivity contribution in [2.45, 2.75) is 80.4 Å².